The molecule has 3 heterocycles. The molecule has 13 nitrogen and oxygen atoms in total. The summed E-state index contributed by atoms with van der Waals surface area (Å²) in [4.78, 5) is 57.8. The normalized spacial score (nSPS) is 17.7. The van der Waals surface area contributed by atoms with Gasteiger partial charge in [0.05, 0.1) is 12.7 Å². The molecule has 34 heavy (non-hydrogen) atoms. The van der Waals surface area contributed by atoms with Gasteiger partial charge in [-0.1, -0.05) is 0 Å². The van der Waals surface area contributed by atoms with Crippen molar-refractivity contribution in [1.29, 1.82) is 0 Å². The van der Waals surface area contributed by atoms with Crippen molar-refractivity contribution in [1.82, 2.24) is 15.3 Å². The number of carbonyl (C=O) groups is 3. The molecule has 0 saturated carbocycles. The van der Waals surface area contributed by atoms with Crippen molar-refractivity contribution < 1.29 is 24.6 Å². The first-order valence-corrected chi connectivity index (χ1v) is 10.7. The van der Waals surface area contributed by atoms with E-state index in [-0.39, 0.29) is 36.0 Å². The van der Waals surface area contributed by atoms with Crippen molar-refractivity contribution in [2.75, 3.05) is 40.6 Å². The van der Waals surface area contributed by atoms with Crippen molar-refractivity contribution in [3.63, 3.8) is 0 Å². The van der Waals surface area contributed by atoms with Gasteiger partial charge in [-0.25, -0.2) is 4.79 Å². The number of nitrogens with one attached hydrogen (secondary N) is 3. The van der Waals surface area contributed by atoms with Crippen LogP contribution < -0.4 is 31.7 Å². The molecule has 0 radical (unpaired) electrons. The van der Waals surface area contributed by atoms with E-state index in [0.29, 0.717) is 24.7 Å². The Morgan fingerprint density at radius 2 is 1.97 bits per heavy atom. The lowest BCUT2D eigenvalue weighted by atomic mass is 10.1. The van der Waals surface area contributed by atoms with Crippen molar-refractivity contribution in [2.24, 2.45) is 0 Å². The molecule has 0 bridgehead atoms. The summed E-state index contributed by atoms with van der Waals surface area (Å²) in [5, 5.41) is 23.5. The van der Waals surface area contributed by atoms with Gasteiger partial charge in [-0.3, -0.25) is 19.4 Å². The summed E-state index contributed by atoms with van der Waals surface area (Å²) >= 11 is 0. The fourth-order valence-corrected chi connectivity index (χ4v) is 4.19. The fraction of sp³-hybridized carbons (Fsp3) is 0.381. The van der Waals surface area contributed by atoms with Crippen LogP contribution in [0.3, 0.4) is 0 Å². The average Bonchev–Trinajstić information content (AvgIpc) is 2.80. The van der Waals surface area contributed by atoms with Gasteiger partial charge in [-0.15, -0.1) is 0 Å². The Morgan fingerprint density at radius 1 is 1.24 bits per heavy atom. The molecule has 1 saturated heterocycles. The molecule has 4 rings (SSSR count). The summed E-state index contributed by atoms with van der Waals surface area (Å²) in [5.41, 5.74) is 6.86. The Bertz CT molecular complexity index is 1170. The van der Waals surface area contributed by atoms with Crippen LogP contribution in [0.5, 0.6) is 0 Å². The van der Waals surface area contributed by atoms with Gasteiger partial charge in [-0.2, -0.15) is 4.98 Å². The Kier molecular flexibility index (Phi) is 6.25. The van der Waals surface area contributed by atoms with Gasteiger partial charge in [0.2, 0.25) is 5.95 Å². The molecule has 1 amide bonds. The molecule has 2 aliphatic rings. The van der Waals surface area contributed by atoms with E-state index >= 15 is 0 Å². The number of carboxylic acids is 2. The molecule has 0 spiro atoms. The van der Waals surface area contributed by atoms with Crippen LogP contribution in [0.15, 0.2) is 29.1 Å². The van der Waals surface area contributed by atoms with E-state index in [4.69, 9.17) is 10.8 Å². The minimum Gasteiger partial charge on any atom is -0.481 e. The van der Waals surface area contributed by atoms with Crippen LogP contribution in [0.4, 0.5) is 23.1 Å². The number of nitrogens with zero attached hydrogens (tertiary/aromatic N) is 3. The maximum atomic E-state index is 12.5. The maximum Gasteiger partial charge on any atom is 0.326 e. The van der Waals surface area contributed by atoms with Crippen LogP contribution in [0, 0.1) is 0 Å². The quantitative estimate of drug-likeness (QED) is 0.315. The van der Waals surface area contributed by atoms with Crippen molar-refractivity contribution in [3.05, 3.63) is 40.2 Å². The second-order valence-corrected chi connectivity index (χ2v) is 8.19. The molecule has 2 atom stereocenters. The van der Waals surface area contributed by atoms with E-state index in [9.17, 15) is 24.3 Å². The number of amides is 1. The van der Waals surface area contributed by atoms with Crippen LogP contribution in [-0.4, -0.2) is 69.9 Å². The van der Waals surface area contributed by atoms with Crippen molar-refractivity contribution >= 4 is 41.0 Å². The third kappa shape index (κ3) is 4.72. The number of benzene rings is 1. The average molecular weight is 471 g/mol. The number of aromatic nitrogens is 2. The van der Waals surface area contributed by atoms with Crippen LogP contribution >= 0.6 is 0 Å². The SMILES string of the molecule is Nc1nc2c(c(=O)[nH]1)N1CN(c3ccc(C(=O)N[C@H](CCC(=O)O)C(=O)O)cc3)CC[C@@H]1CN2. The summed E-state index contributed by atoms with van der Waals surface area (Å²) in [6.45, 7) is 1.82. The van der Waals surface area contributed by atoms with E-state index in [1.807, 2.05) is 4.90 Å². The van der Waals surface area contributed by atoms with Crippen LogP contribution in [0.2, 0.25) is 0 Å². The zero-order chi connectivity index (χ0) is 24.4. The molecule has 2 aliphatic heterocycles. The molecule has 0 aliphatic carbocycles. The molecule has 180 valence electrons. The van der Waals surface area contributed by atoms with Crippen LogP contribution in [-0.2, 0) is 9.59 Å². The Balaban J connectivity index is 1.46. The predicted octanol–water partition coefficient (Wildman–Crippen LogP) is -0.132. The topological polar surface area (TPSA) is 194 Å². The molecule has 1 aromatic carbocycles. The van der Waals surface area contributed by atoms with Crippen LogP contribution in [0.1, 0.15) is 29.6 Å². The first-order chi connectivity index (χ1) is 16.2. The van der Waals surface area contributed by atoms with E-state index in [2.05, 4.69) is 25.5 Å². The minimum atomic E-state index is -1.30. The molecule has 1 fully saturated rings. The molecule has 1 aromatic heterocycles. The number of carbonyl (C=O) groups excluding carboxylic acids is 1. The fourth-order valence-electron chi connectivity index (χ4n) is 4.19. The second kappa shape index (κ2) is 9.29. The third-order valence-corrected chi connectivity index (χ3v) is 5.95. The smallest absolute Gasteiger partial charge is 0.326 e. The van der Waals surface area contributed by atoms with E-state index < -0.39 is 23.9 Å². The van der Waals surface area contributed by atoms with Gasteiger partial charge in [0.15, 0.2) is 5.82 Å². The van der Waals surface area contributed by atoms with E-state index in [0.717, 1.165) is 18.7 Å². The highest BCUT2D eigenvalue weighted by Gasteiger charge is 2.34. The van der Waals surface area contributed by atoms with Crippen molar-refractivity contribution in [2.45, 2.75) is 31.3 Å². The highest BCUT2D eigenvalue weighted by atomic mass is 16.4. The maximum absolute atomic E-state index is 12.5. The predicted molar refractivity (Wildman–Crippen MR) is 123 cm³/mol. The monoisotopic (exact) mass is 471 g/mol. The van der Waals surface area contributed by atoms with Gasteiger partial charge >= 0.3 is 11.9 Å². The lowest BCUT2D eigenvalue weighted by Gasteiger charge is -2.46. The number of hydrogen-bond acceptors (Lipinski definition) is 9. The number of fused-ring (bicyclic) bond motifs is 3. The number of hydrogen-bond donors (Lipinski definition) is 6. The Morgan fingerprint density at radius 3 is 2.65 bits per heavy atom. The van der Waals surface area contributed by atoms with E-state index in [1.165, 1.54) is 0 Å². The lowest BCUT2D eigenvalue weighted by Crippen LogP contribution is -2.57. The van der Waals surface area contributed by atoms with Crippen molar-refractivity contribution in [3.8, 4) is 0 Å². The number of nitrogen functional groups attached to an aromatic ring is 1. The number of aliphatic carboxylic acids is 2. The number of anilines is 4. The molecule has 0 unspecified atom stereocenters. The summed E-state index contributed by atoms with van der Waals surface area (Å²) in [7, 11) is 0. The zero-order valence-electron chi connectivity index (χ0n) is 18.2. The number of rotatable bonds is 7. The lowest BCUT2D eigenvalue weighted by molar-refractivity contribution is -0.140. The van der Waals surface area contributed by atoms with E-state index in [1.54, 1.807) is 24.3 Å². The molecular weight excluding hydrogens is 446 g/mol. The van der Waals surface area contributed by atoms with Gasteiger partial charge in [0.1, 0.15) is 11.7 Å². The standard InChI is InChI=1S/C21H25N7O6/c22-21-25-17-16(19(32)26-21)28-10-27(8-7-13(28)9-23-17)12-3-1-11(2-4-12)18(31)24-14(20(33)34)5-6-15(29)30/h1-4,13-14H,5-10H2,(H,24,31)(H,29,30)(H,33,34)(H4,22,23,25,26,32)/t13-,14-/m1/s1. The highest BCUT2D eigenvalue weighted by Crippen LogP contribution is 2.32. The number of carboxylic acid groups (broad SMARTS) is 2. The Hall–Kier alpha value is -4.29. The summed E-state index contributed by atoms with van der Waals surface area (Å²) in [5.74, 6) is -2.54. The summed E-state index contributed by atoms with van der Waals surface area (Å²) < 4.78 is 0. The van der Waals surface area contributed by atoms with Crippen LogP contribution in [0.25, 0.3) is 0 Å². The Labute approximate surface area is 193 Å². The first kappa shape index (κ1) is 22.9. The second-order valence-electron chi connectivity index (χ2n) is 8.19. The molecular formula is C21H25N7O6. The molecule has 13 heteroatoms. The minimum absolute atomic E-state index is 0.0468. The molecule has 2 aromatic rings. The highest BCUT2D eigenvalue weighted by molar-refractivity contribution is 5.97. The van der Waals surface area contributed by atoms with Gasteiger partial charge in [-0.05, 0) is 37.1 Å². The largest absolute Gasteiger partial charge is 0.481 e. The zero-order valence-corrected chi connectivity index (χ0v) is 18.2. The summed E-state index contributed by atoms with van der Waals surface area (Å²) in [6.07, 6.45) is 0.212. The number of H-pyrrole nitrogens is 1. The van der Waals surface area contributed by atoms with Gasteiger partial charge < -0.3 is 36.4 Å². The van der Waals surface area contributed by atoms with Gasteiger partial charge in [0, 0.05) is 30.8 Å². The third-order valence-electron chi connectivity index (χ3n) is 5.95. The first-order valence-electron chi connectivity index (χ1n) is 10.7. The summed E-state index contributed by atoms with van der Waals surface area (Å²) in [6, 6.07) is 5.48. The number of aromatic amines is 1. The number of nitrogens with two attached hydrogens (primary N) is 1. The molecule has 7 N–H and O–H groups in total. The van der Waals surface area contributed by atoms with Gasteiger partial charge in [0.25, 0.3) is 11.5 Å².